The second kappa shape index (κ2) is 7.68. The highest BCUT2D eigenvalue weighted by molar-refractivity contribution is 7.65. The number of aromatic nitrogens is 2. The molecule has 2 aromatic rings. The molecule has 0 amide bonds. The molecule has 0 spiro atoms. The van der Waals surface area contributed by atoms with E-state index in [9.17, 15) is 17.7 Å². The summed E-state index contributed by atoms with van der Waals surface area (Å²) in [5.74, 6) is -1.33. The van der Waals surface area contributed by atoms with Crippen molar-refractivity contribution < 1.29 is 26.8 Å². The molecule has 0 aliphatic heterocycles. The number of rotatable bonds is 7. The van der Waals surface area contributed by atoms with Gasteiger partial charge in [-0.15, -0.1) is 0 Å². The van der Waals surface area contributed by atoms with Gasteiger partial charge in [-0.3, -0.25) is 4.57 Å². The van der Waals surface area contributed by atoms with E-state index in [1.54, 1.807) is 6.92 Å². The third kappa shape index (κ3) is 4.90. The summed E-state index contributed by atoms with van der Waals surface area (Å²) < 4.78 is 60.1. The lowest BCUT2D eigenvalue weighted by atomic mass is 10.2. The van der Waals surface area contributed by atoms with E-state index in [0.29, 0.717) is 17.4 Å². The zero-order valence-electron chi connectivity index (χ0n) is 14.0. The van der Waals surface area contributed by atoms with Crippen molar-refractivity contribution in [1.82, 2.24) is 15.2 Å². The van der Waals surface area contributed by atoms with Crippen LogP contribution in [0.25, 0.3) is 11.4 Å². The predicted molar refractivity (Wildman–Crippen MR) is 86.4 cm³/mol. The number of nitrogens with one attached hydrogen (secondary N) is 1. The summed E-state index contributed by atoms with van der Waals surface area (Å²) in [5.41, 5.74) is 0.315. The number of hydrogen-bond donors (Lipinski definition) is 1. The van der Waals surface area contributed by atoms with Crippen LogP contribution >= 0.6 is 7.52 Å². The van der Waals surface area contributed by atoms with Gasteiger partial charge in [0.2, 0.25) is 5.82 Å². The van der Waals surface area contributed by atoms with Crippen LogP contribution in [0.1, 0.15) is 26.7 Å². The molecule has 138 valence electrons. The third-order valence-electron chi connectivity index (χ3n) is 3.15. The zero-order chi connectivity index (χ0) is 18.7. The van der Waals surface area contributed by atoms with Gasteiger partial charge in [0.1, 0.15) is 0 Å². The molecule has 0 saturated heterocycles. The van der Waals surface area contributed by atoms with Crippen LogP contribution in [0, 0.1) is 5.92 Å². The molecule has 2 rings (SSSR count). The fourth-order valence-electron chi connectivity index (χ4n) is 1.96. The van der Waals surface area contributed by atoms with Crippen molar-refractivity contribution in [3.63, 3.8) is 0 Å². The Morgan fingerprint density at radius 3 is 2.40 bits per heavy atom. The molecule has 0 aliphatic rings. The summed E-state index contributed by atoms with van der Waals surface area (Å²) in [6.45, 7) is 6.43. The van der Waals surface area contributed by atoms with Crippen molar-refractivity contribution in [1.29, 1.82) is 0 Å². The van der Waals surface area contributed by atoms with Gasteiger partial charge >= 0.3 is 12.1 Å². The summed E-state index contributed by atoms with van der Waals surface area (Å²) in [6.07, 6.45) is -4.70. The van der Waals surface area contributed by atoms with Crippen molar-refractivity contribution in [2.45, 2.75) is 26.9 Å². The number of nitrogens with zero attached hydrogens (tertiary/aromatic N) is 2. The van der Waals surface area contributed by atoms with E-state index in [1.807, 2.05) is 13.8 Å². The van der Waals surface area contributed by atoms with Crippen LogP contribution in [0.4, 0.5) is 13.2 Å². The van der Waals surface area contributed by atoms with Gasteiger partial charge in [0, 0.05) is 12.1 Å². The molecule has 0 bridgehead atoms. The third-order valence-corrected chi connectivity index (χ3v) is 5.35. The maximum Gasteiger partial charge on any atom is 0.471 e. The molecule has 1 atom stereocenters. The van der Waals surface area contributed by atoms with Crippen LogP contribution in [-0.2, 0) is 15.3 Å². The van der Waals surface area contributed by atoms with Crippen molar-refractivity contribution in [2.75, 3.05) is 13.2 Å². The van der Waals surface area contributed by atoms with Gasteiger partial charge in [0.05, 0.1) is 11.9 Å². The number of benzene rings is 1. The van der Waals surface area contributed by atoms with Crippen LogP contribution in [0.3, 0.4) is 0 Å². The summed E-state index contributed by atoms with van der Waals surface area (Å²) in [4.78, 5) is 3.32. The Morgan fingerprint density at radius 1 is 1.28 bits per heavy atom. The molecule has 0 aliphatic carbocycles. The minimum absolute atomic E-state index is 0.194. The SMILES string of the molecule is CCOP(=O)(NCC(C)C)c1ccc(-c2noc(C(F)(F)F)n2)cc1. The molecule has 6 nitrogen and oxygen atoms in total. The first kappa shape index (κ1) is 19.6. The first-order valence-electron chi connectivity index (χ1n) is 7.67. The van der Waals surface area contributed by atoms with Crippen LogP contribution in [-0.4, -0.2) is 23.3 Å². The molecule has 10 heteroatoms. The molecular formula is C15H19F3N3O3P. The van der Waals surface area contributed by atoms with E-state index in [0.717, 1.165) is 0 Å². The van der Waals surface area contributed by atoms with E-state index in [1.165, 1.54) is 24.3 Å². The Bertz CT molecular complexity index is 744. The average molecular weight is 377 g/mol. The summed E-state index contributed by atoms with van der Waals surface area (Å²) in [5, 5.41) is 6.66. The minimum Gasteiger partial charge on any atom is -0.329 e. The molecule has 0 fully saturated rings. The Hall–Kier alpha value is -1.70. The second-order valence-electron chi connectivity index (χ2n) is 5.69. The lowest BCUT2D eigenvalue weighted by Crippen LogP contribution is -2.25. The molecule has 1 N–H and O–H groups in total. The Morgan fingerprint density at radius 2 is 1.92 bits per heavy atom. The topological polar surface area (TPSA) is 77.2 Å². The van der Waals surface area contributed by atoms with Gasteiger partial charge in [0.25, 0.3) is 7.52 Å². The van der Waals surface area contributed by atoms with E-state index in [4.69, 9.17) is 4.52 Å². The normalized spacial score (nSPS) is 14.7. The Kier molecular flexibility index (Phi) is 6.03. The van der Waals surface area contributed by atoms with Gasteiger partial charge < -0.3 is 9.05 Å². The smallest absolute Gasteiger partial charge is 0.329 e. The standard InChI is InChI=1S/C15H19F3N3O3P/c1-4-23-25(22,19-9-10(2)3)12-7-5-11(6-8-12)13-20-14(24-21-13)15(16,17)18/h5-8,10H,4,9H2,1-3H3,(H,19,22). The van der Waals surface area contributed by atoms with Crippen molar-refractivity contribution >= 4 is 12.8 Å². The molecule has 25 heavy (non-hydrogen) atoms. The molecule has 1 aromatic carbocycles. The number of halogens is 3. The van der Waals surface area contributed by atoms with E-state index in [-0.39, 0.29) is 18.3 Å². The maximum atomic E-state index is 13.0. The van der Waals surface area contributed by atoms with Gasteiger partial charge in [-0.25, -0.2) is 5.09 Å². The Labute approximate surface area is 143 Å². The first-order valence-corrected chi connectivity index (χ1v) is 9.30. The monoisotopic (exact) mass is 377 g/mol. The molecule has 1 aromatic heterocycles. The molecular weight excluding hydrogens is 358 g/mol. The largest absolute Gasteiger partial charge is 0.471 e. The van der Waals surface area contributed by atoms with E-state index >= 15 is 0 Å². The van der Waals surface area contributed by atoms with E-state index in [2.05, 4.69) is 19.8 Å². The zero-order valence-corrected chi connectivity index (χ0v) is 14.9. The summed E-state index contributed by atoms with van der Waals surface area (Å²) >= 11 is 0. The fourth-order valence-corrected chi connectivity index (χ4v) is 3.89. The fraction of sp³-hybridized carbons (Fsp3) is 0.467. The first-order chi connectivity index (χ1) is 11.7. The van der Waals surface area contributed by atoms with Gasteiger partial charge in [0.15, 0.2) is 0 Å². The van der Waals surface area contributed by atoms with Crippen LogP contribution in [0.2, 0.25) is 0 Å². The lowest BCUT2D eigenvalue weighted by molar-refractivity contribution is -0.159. The van der Waals surface area contributed by atoms with Gasteiger partial charge in [-0.05, 0) is 25.0 Å². The maximum absolute atomic E-state index is 13.0. The van der Waals surface area contributed by atoms with Crippen LogP contribution < -0.4 is 10.4 Å². The number of alkyl halides is 3. The van der Waals surface area contributed by atoms with Crippen molar-refractivity contribution in [3.05, 3.63) is 30.2 Å². The molecule has 1 heterocycles. The summed E-state index contributed by atoms with van der Waals surface area (Å²) in [7, 11) is -3.25. The van der Waals surface area contributed by atoms with Crippen LogP contribution in [0.5, 0.6) is 0 Å². The predicted octanol–water partition coefficient (Wildman–Crippen LogP) is 3.86. The average Bonchev–Trinajstić information content (AvgIpc) is 3.04. The highest BCUT2D eigenvalue weighted by atomic mass is 31.2. The quantitative estimate of drug-likeness (QED) is 0.739. The lowest BCUT2D eigenvalue weighted by Gasteiger charge is -2.20. The summed E-state index contributed by atoms with van der Waals surface area (Å²) in [6, 6.07) is 5.98. The molecule has 1 unspecified atom stereocenters. The van der Waals surface area contributed by atoms with Gasteiger partial charge in [-0.1, -0.05) is 31.1 Å². The molecule has 0 saturated carbocycles. The Balaban J connectivity index is 2.25. The van der Waals surface area contributed by atoms with Gasteiger partial charge in [-0.2, -0.15) is 18.2 Å². The van der Waals surface area contributed by atoms with Crippen molar-refractivity contribution in [3.8, 4) is 11.4 Å². The highest BCUT2D eigenvalue weighted by Gasteiger charge is 2.38. The highest BCUT2D eigenvalue weighted by Crippen LogP contribution is 2.41. The number of hydrogen-bond acceptors (Lipinski definition) is 5. The van der Waals surface area contributed by atoms with Crippen LogP contribution in [0.15, 0.2) is 28.8 Å². The van der Waals surface area contributed by atoms with Crippen molar-refractivity contribution in [2.24, 2.45) is 5.92 Å². The molecule has 0 radical (unpaired) electrons. The second-order valence-corrected chi connectivity index (χ2v) is 7.89. The minimum atomic E-state index is -4.70. The van der Waals surface area contributed by atoms with E-state index < -0.39 is 19.6 Å².